The zero-order valence-electron chi connectivity index (χ0n) is 31.8. The van der Waals surface area contributed by atoms with Crippen LogP contribution in [0.4, 0.5) is 0 Å². The molecule has 0 bridgehead atoms. The summed E-state index contributed by atoms with van der Waals surface area (Å²) in [7, 11) is 1.41. The number of carboxylic acids is 2. The molecular formula is C38H54N2Na2O10. The first kappa shape index (κ1) is 51.9. The van der Waals surface area contributed by atoms with Crippen LogP contribution >= 0.6 is 0 Å². The van der Waals surface area contributed by atoms with E-state index in [1.807, 2.05) is 0 Å². The van der Waals surface area contributed by atoms with Gasteiger partial charge in [-0.15, -0.1) is 5.92 Å². The maximum absolute atomic E-state index is 13.5. The van der Waals surface area contributed by atoms with Crippen molar-refractivity contribution in [1.29, 1.82) is 0 Å². The molecule has 0 aliphatic rings. The smallest absolute Gasteiger partial charge is 0.548 e. The average molecular weight is 745 g/mol. The van der Waals surface area contributed by atoms with Crippen LogP contribution in [-0.4, -0.2) is 73.2 Å². The van der Waals surface area contributed by atoms with Gasteiger partial charge in [-0.1, -0.05) is 75.7 Å². The summed E-state index contributed by atoms with van der Waals surface area (Å²) in [5.74, 6) is -1.38. The second-order valence-electron chi connectivity index (χ2n) is 12.2. The number of aliphatic hydroxyl groups is 1. The van der Waals surface area contributed by atoms with Crippen LogP contribution < -0.4 is 84.7 Å². The molecule has 12 nitrogen and oxygen atoms in total. The molecule has 0 saturated carbocycles. The molecule has 278 valence electrons. The van der Waals surface area contributed by atoms with Crippen LogP contribution in [0.1, 0.15) is 103 Å². The van der Waals surface area contributed by atoms with Crippen LogP contribution in [0.5, 0.6) is 5.75 Å². The van der Waals surface area contributed by atoms with Gasteiger partial charge < -0.3 is 45.0 Å². The van der Waals surface area contributed by atoms with Gasteiger partial charge in [-0.2, -0.15) is 0 Å². The summed E-state index contributed by atoms with van der Waals surface area (Å²) in [6.07, 6.45) is 11.5. The second-order valence-corrected chi connectivity index (χ2v) is 12.2. The van der Waals surface area contributed by atoms with Gasteiger partial charge in [-0.3, -0.25) is 14.4 Å². The number of hydrogen-bond acceptors (Lipinski definition) is 10. The van der Waals surface area contributed by atoms with Gasteiger partial charge in [0, 0.05) is 26.5 Å². The SMILES string of the molecule is CC#CCOc1ccc(C[C@H](NC(=O)[C@@H](/C=C/CCCCCCC(=O)CCCCCCC)[C@@](O)(CC(=O)NCCOC)C(=O)[O-])C(=O)[O-])cc1.[Na+].[Na+]. The van der Waals surface area contributed by atoms with E-state index < -0.39 is 47.7 Å². The summed E-state index contributed by atoms with van der Waals surface area (Å²) in [6.45, 7) is 4.15. The average Bonchev–Trinajstić information content (AvgIpc) is 3.07. The number of unbranched alkanes of at least 4 members (excludes halogenated alkanes) is 8. The fourth-order valence-electron chi connectivity index (χ4n) is 5.20. The first-order chi connectivity index (χ1) is 24.0. The number of allylic oxidation sites excluding steroid dienone is 1. The van der Waals surface area contributed by atoms with E-state index in [1.165, 1.54) is 19.6 Å². The zero-order chi connectivity index (χ0) is 37.2. The van der Waals surface area contributed by atoms with Crippen molar-refractivity contribution in [2.24, 2.45) is 5.92 Å². The number of Topliss-reactive ketones (excluding diaryl/α,β-unsaturated/α-hetero) is 1. The number of carboxylic acid groups (broad SMARTS) is 2. The van der Waals surface area contributed by atoms with Crippen molar-refractivity contribution in [3.8, 4) is 17.6 Å². The van der Waals surface area contributed by atoms with E-state index in [0.717, 1.165) is 51.0 Å². The van der Waals surface area contributed by atoms with Crippen molar-refractivity contribution in [2.45, 2.75) is 115 Å². The minimum Gasteiger partial charge on any atom is -0.548 e. The molecule has 1 aromatic rings. The van der Waals surface area contributed by atoms with Crippen molar-refractivity contribution in [1.82, 2.24) is 10.6 Å². The van der Waals surface area contributed by atoms with Crippen LogP contribution in [0.25, 0.3) is 0 Å². The minimum absolute atomic E-state index is 0. The molecule has 2 amide bonds. The van der Waals surface area contributed by atoms with Crippen molar-refractivity contribution in [3.05, 3.63) is 42.0 Å². The molecule has 0 fully saturated rings. The van der Waals surface area contributed by atoms with E-state index in [0.29, 0.717) is 37.0 Å². The molecule has 1 rings (SSSR count). The van der Waals surface area contributed by atoms with Crippen molar-refractivity contribution >= 4 is 29.5 Å². The molecule has 52 heavy (non-hydrogen) atoms. The number of carbonyl (C=O) groups excluding carboxylic acids is 5. The molecule has 3 atom stereocenters. The van der Waals surface area contributed by atoms with Crippen LogP contribution in [0, 0.1) is 17.8 Å². The molecule has 0 saturated heterocycles. The second kappa shape index (κ2) is 31.2. The summed E-state index contributed by atoms with van der Waals surface area (Å²) in [5.41, 5.74) is -2.51. The number of aliphatic carboxylic acids is 2. The number of ketones is 1. The number of ether oxygens (including phenoxy) is 2. The maximum Gasteiger partial charge on any atom is 1.00 e. The normalized spacial score (nSPS) is 12.8. The Balaban J connectivity index is 0. The van der Waals surface area contributed by atoms with Gasteiger partial charge in [0.05, 0.1) is 36.9 Å². The van der Waals surface area contributed by atoms with Gasteiger partial charge in [0.25, 0.3) is 0 Å². The molecule has 0 spiro atoms. The first-order valence-electron chi connectivity index (χ1n) is 17.5. The Morgan fingerprint density at radius 3 is 2.12 bits per heavy atom. The summed E-state index contributed by atoms with van der Waals surface area (Å²) in [4.78, 5) is 62.5. The predicted octanol–water partition coefficient (Wildman–Crippen LogP) is -4.05. The van der Waals surface area contributed by atoms with Gasteiger partial charge in [0.1, 0.15) is 23.7 Å². The van der Waals surface area contributed by atoms with E-state index in [9.17, 15) is 39.3 Å². The van der Waals surface area contributed by atoms with Crippen molar-refractivity contribution < 1.29 is 108 Å². The van der Waals surface area contributed by atoms with Crippen LogP contribution in [0.15, 0.2) is 36.4 Å². The number of hydrogen-bond donors (Lipinski definition) is 3. The van der Waals surface area contributed by atoms with Gasteiger partial charge in [0.2, 0.25) is 11.8 Å². The summed E-state index contributed by atoms with van der Waals surface area (Å²) < 4.78 is 10.3. The zero-order valence-corrected chi connectivity index (χ0v) is 35.8. The third-order valence-corrected chi connectivity index (χ3v) is 8.12. The minimum atomic E-state index is -3.01. The van der Waals surface area contributed by atoms with E-state index in [-0.39, 0.29) is 91.1 Å². The van der Waals surface area contributed by atoms with Crippen LogP contribution in [0.2, 0.25) is 0 Å². The molecule has 0 aliphatic heterocycles. The number of nitrogens with one attached hydrogen (secondary N) is 2. The number of amides is 2. The van der Waals surface area contributed by atoms with E-state index >= 15 is 0 Å². The maximum atomic E-state index is 13.5. The third kappa shape index (κ3) is 22.1. The Morgan fingerprint density at radius 2 is 1.56 bits per heavy atom. The third-order valence-electron chi connectivity index (χ3n) is 8.12. The Morgan fingerprint density at radius 1 is 0.942 bits per heavy atom. The van der Waals surface area contributed by atoms with Gasteiger partial charge in [-0.05, 0) is 56.7 Å². The Bertz CT molecular complexity index is 1300. The fraction of sp³-hybridized carbons (Fsp3) is 0.605. The van der Waals surface area contributed by atoms with Gasteiger partial charge in [-0.25, -0.2) is 0 Å². The van der Waals surface area contributed by atoms with Gasteiger partial charge >= 0.3 is 59.1 Å². The standard InChI is InChI=1S/C38H56N2O10.2Na/c1-4-6-8-11-14-17-30(41)18-15-12-9-10-13-16-19-32(38(48,37(46)47)28-34(42)39-24-26-49-3)35(43)40-33(36(44)45)27-29-20-22-31(23-21-29)50-25-7-5-2;;/h16,19-23,32-33,48H,4,6,8-15,17-18,24-28H2,1-3H3,(H,39,42)(H,40,43)(H,44,45)(H,46,47);;/q;2*+1/p-2/b19-16+;;/t32-,33+,38+;;/m1../s1. The number of methoxy groups -OCH3 is 1. The van der Waals surface area contributed by atoms with Crippen molar-refractivity contribution in [2.75, 3.05) is 26.9 Å². The van der Waals surface area contributed by atoms with E-state index in [1.54, 1.807) is 31.2 Å². The largest absolute Gasteiger partial charge is 1.00 e. The summed E-state index contributed by atoms with van der Waals surface area (Å²) in [6, 6.07) is 4.81. The van der Waals surface area contributed by atoms with E-state index in [2.05, 4.69) is 29.4 Å². The van der Waals surface area contributed by atoms with Crippen LogP contribution in [-0.2, 0) is 35.1 Å². The molecule has 0 radical (unpaired) electrons. The Kier molecular flexibility index (Phi) is 31.1. The van der Waals surface area contributed by atoms with Gasteiger partial charge in [0.15, 0.2) is 0 Å². The predicted molar refractivity (Wildman–Crippen MR) is 184 cm³/mol. The molecule has 1 aromatic carbocycles. The topological polar surface area (TPSA) is 194 Å². The van der Waals surface area contributed by atoms with E-state index in [4.69, 9.17) is 9.47 Å². The number of rotatable bonds is 28. The molecule has 0 aliphatic carbocycles. The molecule has 3 N–H and O–H groups in total. The molecule has 0 unspecified atom stereocenters. The Hall–Kier alpha value is -2.21. The molecule has 0 heterocycles. The summed E-state index contributed by atoms with van der Waals surface area (Å²) in [5, 5.41) is 40.3. The molecular weight excluding hydrogens is 690 g/mol. The number of carbonyl (C=O) groups is 5. The fourth-order valence-corrected chi connectivity index (χ4v) is 5.20. The van der Waals surface area contributed by atoms with Crippen molar-refractivity contribution in [3.63, 3.8) is 0 Å². The monoisotopic (exact) mass is 744 g/mol. The molecule has 0 aromatic heterocycles. The molecule has 14 heteroatoms. The summed E-state index contributed by atoms with van der Waals surface area (Å²) >= 11 is 0. The Labute approximate surface area is 353 Å². The first-order valence-corrected chi connectivity index (χ1v) is 17.5. The number of benzene rings is 1. The van der Waals surface area contributed by atoms with Crippen LogP contribution in [0.3, 0.4) is 0 Å². The quantitative estimate of drug-likeness (QED) is 0.0329.